The van der Waals surface area contributed by atoms with Crippen molar-refractivity contribution in [2.45, 2.75) is 13.8 Å². The molecule has 130 valence electrons. The number of amides is 2. The van der Waals surface area contributed by atoms with Crippen molar-refractivity contribution in [2.24, 2.45) is 0 Å². The summed E-state index contributed by atoms with van der Waals surface area (Å²) < 4.78 is 26.9. The fourth-order valence-corrected chi connectivity index (χ4v) is 2.23. The minimum absolute atomic E-state index is 0.158. The smallest absolute Gasteiger partial charge is 0.244 e. The molecule has 0 aliphatic heterocycles. The van der Waals surface area contributed by atoms with Crippen LogP contribution in [-0.4, -0.2) is 24.1 Å². The lowest BCUT2D eigenvalue weighted by Gasteiger charge is -2.21. The van der Waals surface area contributed by atoms with E-state index in [4.69, 9.17) is 0 Å². The van der Waals surface area contributed by atoms with Crippen LogP contribution in [-0.2, 0) is 9.59 Å². The van der Waals surface area contributed by atoms with Crippen LogP contribution in [0.15, 0.2) is 42.5 Å². The summed E-state index contributed by atoms with van der Waals surface area (Å²) in [7, 11) is 0. The highest BCUT2D eigenvalue weighted by Crippen LogP contribution is 2.20. The van der Waals surface area contributed by atoms with Gasteiger partial charge in [-0.3, -0.25) is 14.4 Å². The minimum atomic E-state index is -0.943. The first-order valence-corrected chi connectivity index (χ1v) is 7.42. The molecule has 2 amide bonds. The third-order valence-corrected chi connectivity index (χ3v) is 3.44. The van der Waals surface area contributed by atoms with Gasteiger partial charge in [-0.1, -0.05) is 12.1 Å². The number of nitrogens with zero attached hydrogens (tertiary/aromatic N) is 1. The number of anilines is 2. The molecule has 0 fully saturated rings. The van der Waals surface area contributed by atoms with E-state index in [-0.39, 0.29) is 11.5 Å². The normalized spacial score (nSPS) is 10.2. The first kappa shape index (κ1) is 18.3. The van der Waals surface area contributed by atoms with E-state index in [1.807, 2.05) is 0 Å². The quantitative estimate of drug-likeness (QED) is 0.846. The van der Waals surface area contributed by atoms with E-state index in [1.54, 1.807) is 18.2 Å². The van der Waals surface area contributed by atoms with E-state index in [2.05, 4.69) is 5.32 Å². The molecule has 0 aliphatic carbocycles. The van der Waals surface area contributed by atoms with Crippen molar-refractivity contribution in [3.05, 3.63) is 59.7 Å². The number of hydrogen-bond donors (Lipinski definition) is 1. The van der Waals surface area contributed by atoms with Crippen LogP contribution < -0.4 is 10.2 Å². The van der Waals surface area contributed by atoms with Crippen molar-refractivity contribution in [1.82, 2.24) is 0 Å². The number of hydrogen-bond acceptors (Lipinski definition) is 3. The second-order valence-corrected chi connectivity index (χ2v) is 5.39. The van der Waals surface area contributed by atoms with Crippen LogP contribution in [0.3, 0.4) is 0 Å². The molecule has 2 rings (SSSR count). The summed E-state index contributed by atoms with van der Waals surface area (Å²) >= 11 is 0. The SMILES string of the molecule is CC(=O)c1cccc(NC(=O)CN(C(C)=O)c2ccc(F)cc2F)c1. The first-order chi connectivity index (χ1) is 11.8. The van der Waals surface area contributed by atoms with Gasteiger partial charge in [0.2, 0.25) is 11.8 Å². The number of halogens is 2. The average molecular weight is 346 g/mol. The Morgan fingerprint density at radius 2 is 1.76 bits per heavy atom. The summed E-state index contributed by atoms with van der Waals surface area (Å²) in [6, 6.07) is 9.03. The highest BCUT2D eigenvalue weighted by molar-refractivity contribution is 6.02. The topological polar surface area (TPSA) is 66.5 Å². The Bertz CT molecular complexity index is 837. The maximum absolute atomic E-state index is 13.9. The lowest BCUT2D eigenvalue weighted by Crippen LogP contribution is -2.37. The number of carbonyl (C=O) groups excluding carboxylic acids is 3. The molecule has 0 atom stereocenters. The fraction of sp³-hybridized carbons (Fsp3) is 0.167. The van der Waals surface area contributed by atoms with Gasteiger partial charge in [-0.25, -0.2) is 8.78 Å². The molecule has 0 spiro atoms. The van der Waals surface area contributed by atoms with Crippen molar-refractivity contribution in [1.29, 1.82) is 0 Å². The zero-order chi connectivity index (χ0) is 18.6. The number of carbonyl (C=O) groups is 3. The molecule has 0 aliphatic rings. The van der Waals surface area contributed by atoms with E-state index in [1.165, 1.54) is 19.9 Å². The second-order valence-electron chi connectivity index (χ2n) is 5.39. The molecule has 0 radical (unpaired) electrons. The summed E-state index contributed by atoms with van der Waals surface area (Å²) in [5.74, 6) is -3.04. The maximum Gasteiger partial charge on any atom is 0.244 e. The van der Waals surface area contributed by atoms with E-state index in [0.717, 1.165) is 17.0 Å². The monoisotopic (exact) mass is 346 g/mol. The van der Waals surface area contributed by atoms with Gasteiger partial charge in [0.05, 0.1) is 5.69 Å². The largest absolute Gasteiger partial charge is 0.325 e. The molecule has 0 saturated carbocycles. The van der Waals surface area contributed by atoms with E-state index >= 15 is 0 Å². The van der Waals surface area contributed by atoms with Crippen LogP contribution >= 0.6 is 0 Å². The van der Waals surface area contributed by atoms with Gasteiger partial charge in [0.15, 0.2) is 5.78 Å². The maximum atomic E-state index is 13.9. The van der Waals surface area contributed by atoms with Crippen molar-refractivity contribution in [2.75, 3.05) is 16.8 Å². The fourth-order valence-electron chi connectivity index (χ4n) is 2.23. The molecule has 25 heavy (non-hydrogen) atoms. The van der Waals surface area contributed by atoms with E-state index in [9.17, 15) is 23.2 Å². The number of ketones is 1. The zero-order valence-corrected chi connectivity index (χ0v) is 13.7. The molecule has 2 aromatic rings. The minimum Gasteiger partial charge on any atom is -0.325 e. The Balaban J connectivity index is 2.17. The summed E-state index contributed by atoms with van der Waals surface area (Å²) in [6.45, 7) is 2.12. The third kappa shape index (κ3) is 4.69. The molecule has 2 aromatic carbocycles. The van der Waals surface area contributed by atoms with Gasteiger partial charge < -0.3 is 10.2 Å². The Morgan fingerprint density at radius 3 is 2.36 bits per heavy atom. The van der Waals surface area contributed by atoms with Crippen molar-refractivity contribution < 1.29 is 23.2 Å². The van der Waals surface area contributed by atoms with Crippen molar-refractivity contribution >= 4 is 29.0 Å². The lowest BCUT2D eigenvalue weighted by atomic mass is 10.1. The third-order valence-electron chi connectivity index (χ3n) is 3.44. The van der Waals surface area contributed by atoms with E-state index in [0.29, 0.717) is 17.3 Å². The average Bonchev–Trinajstić information content (AvgIpc) is 2.53. The highest BCUT2D eigenvalue weighted by Gasteiger charge is 2.19. The number of rotatable bonds is 5. The number of nitrogens with one attached hydrogen (secondary N) is 1. The standard InChI is InChI=1S/C18H16F2N2O3/c1-11(23)13-4-3-5-15(8-13)21-18(25)10-22(12(2)24)17-7-6-14(19)9-16(17)20/h3-9H,10H2,1-2H3,(H,21,25). The molecule has 0 bridgehead atoms. The molecule has 5 nitrogen and oxygen atoms in total. The van der Waals surface area contributed by atoms with Gasteiger partial charge in [0.1, 0.15) is 18.2 Å². The predicted octanol–water partition coefficient (Wildman–Crippen LogP) is 3.16. The van der Waals surface area contributed by atoms with Gasteiger partial charge in [-0.2, -0.15) is 0 Å². The zero-order valence-electron chi connectivity index (χ0n) is 13.7. The summed E-state index contributed by atoms with van der Waals surface area (Å²) in [4.78, 5) is 36.2. The summed E-state index contributed by atoms with van der Waals surface area (Å²) in [6.07, 6.45) is 0. The molecule has 0 heterocycles. The van der Waals surface area contributed by atoms with Crippen LogP contribution in [0.25, 0.3) is 0 Å². The van der Waals surface area contributed by atoms with Crippen LogP contribution in [0.4, 0.5) is 20.2 Å². The second kappa shape index (κ2) is 7.65. The molecule has 7 heteroatoms. The van der Waals surface area contributed by atoms with Crippen LogP contribution in [0, 0.1) is 11.6 Å². The van der Waals surface area contributed by atoms with Gasteiger partial charge in [0, 0.05) is 24.2 Å². The molecule has 0 unspecified atom stereocenters. The van der Waals surface area contributed by atoms with Crippen LogP contribution in [0.2, 0.25) is 0 Å². The van der Waals surface area contributed by atoms with E-state index < -0.39 is 30.0 Å². The lowest BCUT2D eigenvalue weighted by molar-refractivity contribution is -0.120. The Morgan fingerprint density at radius 1 is 1.04 bits per heavy atom. The Kier molecular flexibility index (Phi) is 5.59. The molecular formula is C18H16F2N2O3. The molecule has 0 saturated heterocycles. The van der Waals surface area contributed by atoms with Crippen molar-refractivity contribution in [3.8, 4) is 0 Å². The van der Waals surface area contributed by atoms with Crippen LogP contribution in [0.5, 0.6) is 0 Å². The van der Waals surface area contributed by atoms with Gasteiger partial charge in [0.25, 0.3) is 0 Å². The summed E-state index contributed by atoms with van der Waals surface area (Å²) in [5, 5.41) is 2.54. The predicted molar refractivity (Wildman–Crippen MR) is 89.5 cm³/mol. The molecular weight excluding hydrogens is 330 g/mol. The number of benzene rings is 2. The molecule has 1 N–H and O–H groups in total. The van der Waals surface area contributed by atoms with Crippen LogP contribution in [0.1, 0.15) is 24.2 Å². The molecule has 0 aromatic heterocycles. The van der Waals surface area contributed by atoms with Gasteiger partial charge >= 0.3 is 0 Å². The summed E-state index contributed by atoms with van der Waals surface area (Å²) in [5.41, 5.74) is 0.605. The van der Waals surface area contributed by atoms with Gasteiger partial charge in [-0.15, -0.1) is 0 Å². The van der Waals surface area contributed by atoms with Gasteiger partial charge in [-0.05, 0) is 31.2 Å². The Labute approximate surface area is 143 Å². The van der Waals surface area contributed by atoms with Crippen molar-refractivity contribution in [3.63, 3.8) is 0 Å². The number of Topliss-reactive ketones (excluding diaryl/α,β-unsaturated/α-hetero) is 1. The first-order valence-electron chi connectivity index (χ1n) is 7.42. The highest BCUT2D eigenvalue weighted by atomic mass is 19.1. The Hall–Kier alpha value is -3.09.